The summed E-state index contributed by atoms with van der Waals surface area (Å²) < 4.78 is 15.8. The van der Waals surface area contributed by atoms with Gasteiger partial charge in [-0.05, 0) is 72.6 Å². The number of hydrogen-bond donors (Lipinski definition) is 3. The van der Waals surface area contributed by atoms with Crippen LogP contribution < -0.4 is 21.1 Å². The highest BCUT2D eigenvalue weighted by Gasteiger charge is 2.49. The van der Waals surface area contributed by atoms with Crippen LogP contribution >= 0.6 is 0 Å². The van der Waals surface area contributed by atoms with Gasteiger partial charge in [0.05, 0.1) is 29.9 Å². The van der Waals surface area contributed by atoms with Crippen LogP contribution in [0.4, 0.5) is 15.3 Å². The van der Waals surface area contributed by atoms with Gasteiger partial charge in [-0.3, -0.25) is 24.5 Å². The second-order valence-electron chi connectivity index (χ2n) is 13.5. The Morgan fingerprint density at radius 2 is 1.58 bits per heavy atom. The van der Waals surface area contributed by atoms with Crippen molar-refractivity contribution >= 4 is 35.5 Å². The van der Waals surface area contributed by atoms with Crippen molar-refractivity contribution in [1.29, 1.82) is 0 Å². The average molecular weight is 719 g/mol. The Kier molecular flexibility index (Phi) is 14.6. The lowest BCUT2D eigenvalue weighted by Gasteiger charge is -2.24. The molecule has 0 radical (unpaired) electrons. The van der Waals surface area contributed by atoms with E-state index in [0.29, 0.717) is 41.9 Å². The minimum Gasteiger partial charge on any atom is -0.465 e. The van der Waals surface area contributed by atoms with E-state index in [1.54, 1.807) is 24.3 Å². The van der Waals surface area contributed by atoms with Crippen LogP contribution in [0.1, 0.15) is 69.9 Å². The summed E-state index contributed by atoms with van der Waals surface area (Å²) in [7, 11) is 0. The number of fused-ring (bicyclic) bond motifs is 1. The molecule has 0 bridgehead atoms. The van der Waals surface area contributed by atoms with E-state index in [1.165, 1.54) is 24.3 Å². The Morgan fingerprint density at radius 3 is 2.17 bits per heavy atom. The molecule has 0 heterocycles. The van der Waals surface area contributed by atoms with Gasteiger partial charge in [0, 0.05) is 37.9 Å². The van der Waals surface area contributed by atoms with E-state index in [9.17, 15) is 34.1 Å². The molecular weight excluding hydrogens is 672 g/mol. The van der Waals surface area contributed by atoms with Crippen molar-refractivity contribution in [3.63, 3.8) is 0 Å². The SMILES string of the molecule is CC(C)[C@H](CC(=O)OCC1[C@H]2CCC#CCC[C@@H]12)C(=O)N[C@@H](CCCNC(N)=O)C(=O)Cc1ccc(COC(=O)Oc2ccc([N+](=O)[O-])cc2)cc1. The summed E-state index contributed by atoms with van der Waals surface area (Å²) in [5, 5.41) is 16.1. The third kappa shape index (κ3) is 12.4. The number of nitrogens with one attached hydrogen (secondary N) is 2. The second kappa shape index (κ2) is 19.2. The summed E-state index contributed by atoms with van der Waals surface area (Å²) in [6.45, 7) is 4.11. The lowest BCUT2D eigenvalue weighted by molar-refractivity contribution is -0.384. The number of nitrogens with two attached hydrogens (primary N) is 1. The van der Waals surface area contributed by atoms with Gasteiger partial charge < -0.3 is 30.6 Å². The molecule has 1 fully saturated rings. The highest BCUT2D eigenvalue weighted by Crippen LogP contribution is 2.52. The van der Waals surface area contributed by atoms with E-state index in [0.717, 1.165) is 25.7 Å². The van der Waals surface area contributed by atoms with Crippen molar-refractivity contribution in [2.24, 2.45) is 35.3 Å². The van der Waals surface area contributed by atoms with Gasteiger partial charge in [-0.15, -0.1) is 11.8 Å². The molecule has 2 aromatic rings. The zero-order valence-corrected chi connectivity index (χ0v) is 29.5. The fourth-order valence-corrected chi connectivity index (χ4v) is 6.43. The predicted octanol–water partition coefficient (Wildman–Crippen LogP) is 5.00. The van der Waals surface area contributed by atoms with Gasteiger partial charge in [-0.25, -0.2) is 9.59 Å². The molecule has 4 N–H and O–H groups in total. The zero-order valence-electron chi connectivity index (χ0n) is 29.5. The Labute approximate surface area is 302 Å². The minimum absolute atomic E-state index is 0.0132. The Balaban J connectivity index is 1.29. The smallest absolute Gasteiger partial charge is 0.465 e. The number of nitro groups is 1. The first-order chi connectivity index (χ1) is 24.9. The molecule has 2 aliphatic carbocycles. The maximum Gasteiger partial charge on any atom is 0.514 e. The van der Waals surface area contributed by atoms with Crippen LogP contribution in [-0.4, -0.2) is 54.0 Å². The zero-order chi connectivity index (χ0) is 37.6. The van der Waals surface area contributed by atoms with Crippen LogP contribution in [0.3, 0.4) is 0 Å². The summed E-state index contributed by atoms with van der Waals surface area (Å²) in [6, 6.07) is 10.1. The molecule has 1 unspecified atom stereocenters. The number of non-ortho nitro benzene ring substituents is 1. The van der Waals surface area contributed by atoms with Gasteiger partial charge in [0.1, 0.15) is 12.4 Å². The topological polar surface area (TPSA) is 206 Å². The number of ketones is 1. The van der Waals surface area contributed by atoms with E-state index < -0.39 is 40.9 Å². The Bertz CT molecular complexity index is 1630. The number of esters is 1. The molecule has 52 heavy (non-hydrogen) atoms. The first kappa shape index (κ1) is 39.3. The molecule has 278 valence electrons. The number of nitrogens with zero attached hydrogens (tertiary/aromatic N) is 1. The number of ether oxygens (including phenoxy) is 3. The largest absolute Gasteiger partial charge is 0.514 e. The van der Waals surface area contributed by atoms with Gasteiger partial charge in [0.15, 0.2) is 5.78 Å². The van der Waals surface area contributed by atoms with Crippen molar-refractivity contribution in [2.45, 2.75) is 77.9 Å². The van der Waals surface area contributed by atoms with Gasteiger partial charge in [0.25, 0.3) is 5.69 Å². The highest BCUT2D eigenvalue weighted by molar-refractivity contribution is 5.92. The molecule has 14 nitrogen and oxygen atoms in total. The number of amides is 3. The number of carbonyl (C=O) groups excluding carboxylic acids is 5. The number of primary amides is 1. The number of urea groups is 1. The van der Waals surface area contributed by atoms with E-state index in [2.05, 4.69) is 22.5 Å². The number of benzene rings is 2. The lowest BCUT2D eigenvalue weighted by Crippen LogP contribution is -2.46. The molecule has 0 aromatic heterocycles. The molecule has 3 amide bonds. The Morgan fingerprint density at radius 1 is 0.942 bits per heavy atom. The van der Waals surface area contributed by atoms with Crippen LogP contribution in [0, 0.1) is 51.5 Å². The van der Waals surface area contributed by atoms with E-state index in [1.807, 2.05) is 13.8 Å². The molecular formula is C38H46N4O10. The summed E-state index contributed by atoms with van der Waals surface area (Å²) in [4.78, 5) is 73.4. The van der Waals surface area contributed by atoms with Gasteiger partial charge in [-0.2, -0.15) is 0 Å². The van der Waals surface area contributed by atoms with E-state index >= 15 is 0 Å². The number of carbonyl (C=O) groups is 5. The summed E-state index contributed by atoms with van der Waals surface area (Å²) in [6.07, 6.45) is 3.26. The van der Waals surface area contributed by atoms with Crippen molar-refractivity contribution in [1.82, 2.24) is 10.6 Å². The highest BCUT2D eigenvalue weighted by atomic mass is 16.7. The molecule has 5 atom stereocenters. The van der Waals surface area contributed by atoms with Gasteiger partial charge >= 0.3 is 18.2 Å². The predicted molar refractivity (Wildman–Crippen MR) is 188 cm³/mol. The van der Waals surface area contributed by atoms with Crippen LogP contribution in [0.25, 0.3) is 0 Å². The summed E-state index contributed by atoms with van der Waals surface area (Å²) in [5.41, 5.74) is 6.30. The third-order valence-electron chi connectivity index (χ3n) is 9.48. The standard InChI is InChI=1S/C38H46N4O10/c1-24(2)31(21-35(44)50-23-32-29-8-5-3-4-6-9-30(29)32)36(45)41-33(10-7-19-40-37(39)46)34(43)20-25-11-13-26(14-12-25)22-51-38(47)52-28-17-15-27(16-18-28)42(48)49/h11-18,24,29-33H,5-10,19-23H2,1-2H3,(H,41,45)(H3,39,40,46)/t29-,30+,31-,32?,33-/m0/s1. The Hall–Kier alpha value is -5.45. The number of Topliss-reactive ketones (excluding diaryl/α,β-unsaturated/α-hetero) is 1. The normalized spacial score (nSPS) is 18.5. The van der Waals surface area contributed by atoms with Crippen LogP contribution in [0.15, 0.2) is 48.5 Å². The maximum absolute atomic E-state index is 13.5. The fraction of sp³-hybridized carbons (Fsp3) is 0.500. The van der Waals surface area contributed by atoms with Gasteiger partial charge in [0.2, 0.25) is 5.91 Å². The van der Waals surface area contributed by atoms with Crippen LogP contribution in [0.5, 0.6) is 5.75 Å². The summed E-state index contributed by atoms with van der Waals surface area (Å²) >= 11 is 0. The first-order valence-corrected chi connectivity index (χ1v) is 17.6. The molecule has 14 heteroatoms. The minimum atomic E-state index is -0.993. The molecule has 2 aliphatic rings. The van der Waals surface area contributed by atoms with Crippen molar-refractivity contribution in [2.75, 3.05) is 13.2 Å². The van der Waals surface area contributed by atoms with Crippen molar-refractivity contribution in [3.05, 3.63) is 69.8 Å². The van der Waals surface area contributed by atoms with Gasteiger partial charge in [-0.1, -0.05) is 38.1 Å². The van der Waals surface area contributed by atoms with Crippen LogP contribution in [0.2, 0.25) is 0 Å². The summed E-state index contributed by atoms with van der Waals surface area (Å²) in [5.74, 6) is 5.80. The first-order valence-electron chi connectivity index (χ1n) is 17.6. The maximum atomic E-state index is 13.5. The lowest BCUT2D eigenvalue weighted by atomic mass is 9.90. The van der Waals surface area contributed by atoms with Crippen LogP contribution in [-0.2, 0) is 36.9 Å². The fourth-order valence-electron chi connectivity index (χ4n) is 6.43. The monoisotopic (exact) mass is 718 g/mol. The molecule has 4 rings (SSSR count). The molecule has 0 aliphatic heterocycles. The number of nitro benzene ring substituents is 1. The number of hydrogen-bond acceptors (Lipinski definition) is 10. The van der Waals surface area contributed by atoms with E-state index in [-0.39, 0.29) is 55.6 Å². The van der Waals surface area contributed by atoms with Crippen molar-refractivity contribution < 1.29 is 43.1 Å². The molecule has 0 saturated heterocycles. The third-order valence-corrected chi connectivity index (χ3v) is 9.48. The average Bonchev–Trinajstić information content (AvgIpc) is 3.75. The second-order valence-corrected chi connectivity index (χ2v) is 13.5. The van der Waals surface area contributed by atoms with E-state index in [4.69, 9.17) is 19.9 Å². The molecule has 1 saturated carbocycles. The quantitative estimate of drug-likeness (QED) is 0.0470. The molecule has 0 spiro atoms. The van der Waals surface area contributed by atoms with Crippen molar-refractivity contribution in [3.8, 4) is 17.6 Å². The molecule has 2 aromatic carbocycles. The number of rotatable bonds is 18.